The number of sulfonamides is 1. The average Bonchev–Trinajstić information content (AvgIpc) is 2.45. The summed E-state index contributed by atoms with van der Waals surface area (Å²) in [6.07, 6.45) is -0.199. The van der Waals surface area contributed by atoms with Crippen molar-refractivity contribution in [2.24, 2.45) is 0 Å². The van der Waals surface area contributed by atoms with Crippen LogP contribution in [0.4, 0.5) is 10.1 Å². The van der Waals surface area contributed by atoms with E-state index in [9.17, 15) is 12.8 Å². The van der Waals surface area contributed by atoms with Gasteiger partial charge in [-0.2, -0.15) is 0 Å². The van der Waals surface area contributed by atoms with Crippen LogP contribution in [0.25, 0.3) is 0 Å². The summed E-state index contributed by atoms with van der Waals surface area (Å²) in [4.78, 5) is 2.07. The third-order valence-corrected chi connectivity index (χ3v) is 4.93. The first-order chi connectivity index (χ1) is 9.92. The first-order valence-electron chi connectivity index (χ1n) is 6.81. The smallest absolute Gasteiger partial charge is 0.242 e. The Labute approximate surface area is 124 Å². The number of nitrogen functional groups attached to an aromatic ring is 1. The van der Waals surface area contributed by atoms with Crippen molar-refractivity contribution in [1.82, 2.24) is 9.62 Å². The van der Waals surface area contributed by atoms with Gasteiger partial charge in [-0.1, -0.05) is 6.92 Å². The van der Waals surface area contributed by atoms with Gasteiger partial charge in [0, 0.05) is 19.6 Å². The Morgan fingerprint density at radius 3 is 2.95 bits per heavy atom. The molecule has 0 aliphatic carbocycles. The predicted octanol–water partition coefficient (Wildman–Crippen LogP) is 0.407. The molecule has 1 aliphatic rings. The van der Waals surface area contributed by atoms with Gasteiger partial charge in [0.25, 0.3) is 0 Å². The van der Waals surface area contributed by atoms with Crippen LogP contribution in [0.15, 0.2) is 23.1 Å². The number of benzene rings is 1. The average molecular weight is 317 g/mol. The summed E-state index contributed by atoms with van der Waals surface area (Å²) in [6, 6.07) is 3.22. The Morgan fingerprint density at radius 2 is 2.29 bits per heavy atom. The first-order valence-corrected chi connectivity index (χ1v) is 8.29. The molecule has 0 aromatic heterocycles. The number of nitrogens with zero attached hydrogens (tertiary/aromatic N) is 1. The maximum Gasteiger partial charge on any atom is 0.242 e. The molecule has 0 spiro atoms. The molecule has 8 heteroatoms. The van der Waals surface area contributed by atoms with E-state index >= 15 is 0 Å². The minimum Gasteiger partial charge on any atom is -0.398 e. The highest BCUT2D eigenvalue weighted by atomic mass is 32.2. The van der Waals surface area contributed by atoms with Gasteiger partial charge in [-0.25, -0.2) is 17.5 Å². The quantitative estimate of drug-likeness (QED) is 0.768. The molecule has 6 nitrogen and oxygen atoms in total. The van der Waals surface area contributed by atoms with Crippen molar-refractivity contribution in [2.45, 2.75) is 17.9 Å². The van der Waals surface area contributed by atoms with E-state index in [1.807, 2.05) is 6.92 Å². The lowest BCUT2D eigenvalue weighted by Crippen LogP contribution is -2.47. The third-order valence-electron chi connectivity index (χ3n) is 3.43. The van der Waals surface area contributed by atoms with Gasteiger partial charge in [0.15, 0.2) is 0 Å². The zero-order chi connectivity index (χ0) is 15.5. The monoisotopic (exact) mass is 317 g/mol. The summed E-state index contributed by atoms with van der Waals surface area (Å²) >= 11 is 0. The van der Waals surface area contributed by atoms with Crippen molar-refractivity contribution in [3.05, 3.63) is 24.0 Å². The fourth-order valence-corrected chi connectivity index (χ4v) is 3.41. The number of morpholine rings is 1. The summed E-state index contributed by atoms with van der Waals surface area (Å²) < 4.78 is 45.3. The van der Waals surface area contributed by atoms with Crippen molar-refractivity contribution in [1.29, 1.82) is 0 Å². The van der Waals surface area contributed by atoms with Gasteiger partial charge in [0.1, 0.15) is 10.7 Å². The van der Waals surface area contributed by atoms with Crippen LogP contribution in [0, 0.1) is 5.82 Å². The predicted molar refractivity (Wildman–Crippen MR) is 77.9 cm³/mol. The number of likely N-dealkylation sites (N-methyl/N-ethyl adjacent to an activating group) is 1. The second kappa shape index (κ2) is 6.69. The molecule has 1 aromatic rings. The molecule has 0 saturated carbocycles. The summed E-state index contributed by atoms with van der Waals surface area (Å²) in [7, 11) is -3.77. The molecule has 3 N–H and O–H groups in total. The number of hydrogen-bond donors (Lipinski definition) is 2. The van der Waals surface area contributed by atoms with Crippen LogP contribution in [-0.4, -0.2) is 52.2 Å². The van der Waals surface area contributed by atoms with Gasteiger partial charge in [0.2, 0.25) is 10.0 Å². The highest BCUT2D eigenvalue weighted by Gasteiger charge is 2.23. The number of hydrogen-bond acceptors (Lipinski definition) is 5. The normalized spacial score (nSPS) is 20.6. The van der Waals surface area contributed by atoms with E-state index in [1.54, 1.807) is 0 Å². The van der Waals surface area contributed by atoms with E-state index in [4.69, 9.17) is 10.5 Å². The molecule has 0 radical (unpaired) electrons. The van der Waals surface area contributed by atoms with Crippen LogP contribution >= 0.6 is 0 Å². The molecule has 21 heavy (non-hydrogen) atoms. The van der Waals surface area contributed by atoms with Gasteiger partial charge < -0.3 is 10.5 Å². The number of nitrogens with one attached hydrogen (secondary N) is 1. The largest absolute Gasteiger partial charge is 0.398 e. The number of nitrogens with two attached hydrogens (primary N) is 1. The summed E-state index contributed by atoms with van der Waals surface area (Å²) in [6.45, 7) is 5.22. The van der Waals surface area contributed by atoms with Crippen molar-refractivity contribution in [2.75, 3.05) is 38.5 Å². The van der Waals surface area contributed by atoms with Crippen LogP contribution in [0.2, 0.25) is 0 Å². The topological polar surface area (TPSA) is 84.7 Å². The molecular weight excluding hydrogens is 297 g/mol. The molecule has 1 heterocycles. The van der Waals surface area contributed by atoms with Crippen molar-refractivity contribution >= 4 is 15.7 Å². The van der Waals surface area contributed by atoms with Crippen LogP contribution in [0.3, 0.4) is 0 Å². The van der Waals surface area contributed by atoms with Gasteiger partial charge >= 0.3 is 0 Å². The van der Waals surface area contributed by atoms with Crippen LogP contribution < -0.4 is 10.5 Å². The Bertz CT molecular complexity index is 594. The number of halogens is 1. The minimum absolute atomic E-state index is 0.109. The lowest BCUT2D eigenvalue weighted by molar-refractivity contribution is -0.0229. The Kier molecular flexibility index (Phi) is 5.15. The lowest BCUT2D eigenvalue weighted by atomic mass is 10.3. The minimum atomic E-state index is -3.77. The Hall–Kier alpha value is -1.22. The molecule has 0 amide bonds. The first kappa shape index (κ1) is 16.2. The molecule has 1 atom stereocenters. The summed E-state index contributed by atoms with van der Waals surface area (Å²) in [5, 5.41) is 0. The van der Waals surface area contributed by atoms with Crippen LogP contribution in [-0.2, 0) is 14.8 Å². The van der Waals surface area contributed by atoms with Crippen LogP contribution in [0.1, 0.15) is 6.92 Å². The van der Waals surface area contributed by atoms with E-state index in [1.165, 1.54) is 0 Å². The van der Waals surface area contributed by atoms with E-state index in [0.29, 0.717) is 13.2 Å². The summed E-state index contributed by atoms with van der Waals surface area (Å²) in [5.74, 6) is -0.569. The fourth-order valence-electron chi connectivity index (χ4n) is 2.24. The van der Waals surface area contributed by atoms with Crippen molar-refractivity contribution in [3.63, 3.8) is 0 Å². The van der Waals surface area contributed by atoms with Crippen molar-refractivity contribution < 1.29 is 17.5 Å². The molecule has 1 unspecified atom stereocenters. The number of ether oxygens (including phenoxy) is 1. The van der Waals surface area contributed by atoms with Crippen LogP contribution in [0.5, 0.6) is 0 Å². The van der Waals surface area contributed by atoms with E-state index in [2.05, 4.69) is 9.62 Å². The highest BCUT2D eigenvalue weighted by Crippen LogP contribution is 2.19. The standard InChI is InChI=1S/C13H20FN3O3S/c1-2-17-5-6-20-11(9-17)8-16-21(18,19)13-4-3-10(14)7-12(13)15/h3-4,7,11,16H,2,5-6,8-9,15H2,1H3. The number of anilines is 1. The highest BCUT2D eigenvalue weighted by molar-refractivity contribution is 7.89. The van der Waals surface area contributed by atoms with Crippen molar-refractivity contribution in [3.8, 4) is 0 Å². The Morgan fingerprint density at radius 1 is 1.52 bits per heavy atom. The maximum absolute atomic E-state index is 13.0. The van der Waals surface area contributed by atoms with E-state index < -0.39 is 15.8 Å². The molecule has 1 aromatic carbocycles. The summed E-state index contributed by atoms with van der Waals surface area (Å²) in [5.41, 5.74) is 5.45. The second-order valence-electron chi connectivity index (χ2n) is 4.92. The van der Waals surface area contributed by atoms with Gasteiger partial charge in [0.05, 0.1) is 18.4 Å². The number of rotatable bonds is 5. The zero-order valence-electron chi connectivity index (χ0n) is 11.9. The molecule has 1 aliphatic heterocycles. The second-order valence-corrected chi connectivity index (χ2v) is 6.66. The molecule has 1 saturated heterocycles. The van der Waals surface area contributed by atoms with E-state index in [-0.39, 0.29) is 23.2 Å². The fraction of sp³-hybridized carbons (Fsp3) is 0.538. The molecule has 118 valence electrons. The third kappa shape index (κ3) is 4.13. The maximum atomic E-state index is 13.0. The molecule has 0 bridgehead atoms. The Balaban J connectivity index is 2.01. The van der Waals surface area contributed by atoms with Gasteiger partial charge in [-0.15, -0.1) is 0 Å². The van der Waals surface area contributed by atoms with Gasteiger partial charge in [-0.3, -0.25) is 4.90 Å². The molecule has 1 fully saturated rings. The lowest BCUT2D eigenvalue weighted by Gasteiger charge is -2.32. The molecule has 2 rings (SSSR count). The SMILES string of the molecule is CCN1CCOC(CNS(=O)(=O)c2ccc(F)cc2N)C1. The zero-order valence-corrected chi connectivity index (χ0v) is 12.7. The van der Waals surface area contributed by atoms with E-state index in [0.717, 1.165) is 31.3 Å². The van der Waals surface area contributed by atoms with Gasteiger partial charge in [-0.05, 0) is 24.7 Å². The molecular formula is C13H20FN3O3S.